The smallest absolute Gasteiger partial charge is 0.260 e. The molecule has 5 nitrogen and oxygen atoms in total. The van der Waals surface area contributed by atoms with Crippen molar-refractivity contribution in [2.45, 2.75) is 18.8 Å². The molecule has 1 aliphatic rings. The molecule has 1 saturated heterocycles. The zero-order valence-electron chi connectivity index (χ0n) is 13.5. The van der Waals surface area contributed by atoms with Crippen molar-refractivity contribution in [3.05, 3.63) is 58.3 Å². The Morgan fingerprint density at radius 3 is 2.62 bits per heavy atom. The van der Waals surface area contributed by atoms with Gasteiger partial charge in [-0.15, -0.1) is 0 Å². The first kappa shape index (κ1) is 14.9. The van der Waals surface area contributed by atoms with Crippen molar-refractivity contribution in [2.75, 3.05) is 18.0 Å². The molecule has 0 radical (unpaired) electrons. The number of benzene rings is 1. The molecule has 4 rings (SSSR count). The molecule has 124 valence electrons. The summed E-state index contributed by atoms with van der Waals surface area (Å²) in [5.74, 6) is 1.08. The van der Waals surface area contributed by atoms with Gasteiger partial charge in [-0.1, -0.05) is 12.1 Å². The maximum atomic E-state index is 13.1. The van der Waals surface area contributed by atoms with Gasteiger partial charge in [-0.3, -0.25) is 9.48 Å². The van der Waals surface area contributed by atoms with Crippen LogP contribution in [0.3, 0.4) is 0 Å². The normalized spacial score (nSPS) is 16.0. The third-order valence-corrected chi connectivity index (χ3v) is 4.92. The topological polar surface area (TPSA) is 53.9 Å². The number of rotatable bonds is 2. The minimum absolute atomic E-state index is 0.101. The fourth-order valence-electron chi connectivity index (χ4n) is 3.50. The van der Waals surface area contributed by atoms with Crippen molar-refractivity contribution in [1.82, 2.24) is 14.8 Å². The Hall–Kier alpha value is -2.63. The third-order valence-electron chi connectivity index (χ3n) is 4.92. The molecule has 2 aromatic heterocycles. The minimum Gasteiger partial charge on any atom is -0.358 e. The maximum Gasteiger partial charge on any atom is 0.260 e. The summed E-state index contributed by atoms with van der Waals surface area (Å²) < 4.78 is 14.8. The summed E-state index contributed by atoms with van der Waals surface area (Å²) in [6.45, 7) is 1.72. The second-order valence-corrected chi connectivity index (χ2v) is 6.36. The largest absolute Gasteiger partial charge is 0.358 e. The van der Waals surface area contributed by atoms with E-state index in [0.29, 0.717) is 11.3 Å². The van der Waals surface area contributed by atoms with E-state index in [9.17, 15) is 9.18 Å². The number of anilines is 1. The fourth-order valence-corrected chi connectivity index (χ4v) is 3.50. The standard InChI is InChI=1S/C18H19FN4O/c1-22-16-10-17(21-18(24)15(16)11-20-22)23-8-6-13(7-9-23)12-2-4-14(19)5-3-12/h2-5,10-11,13H,6-9H2,1H3,(H,21,24). The van der Waals surface area contributed by atoms with Crippen molar-refractivity contribution in [1.29, 1.82) is 0 Å². The van der Waals surface area contributed by atoms with Crippen molar-refractivity contribution >= 4 is 16.7 Å². The third kappa shape index (κ3) is 2.58. The molecule has 0 unspecified atom stereocenters. The minimum atomic E-state index is -0.196. The second kappa shape index (κ2) is 5.78. The van der Waals surface area contributed by atoms with E-state index in [0.717, 1.165) is 37.3 Å². The van der Waals surface area contributed by atoms with E-state index in [1.54, 1.807) is 10.9 Å². The Labute approximate surface area is 138 Å². The number of halogens is 1. The molecule has 1 aromatic carbocycles. The molecule has 0 amide bonds. The van der Waals surface area contributed by atoms with Crippen LogP contribution in [-0.4, -0.2) is 27.9 Å². The van der Waals surface area contributed by atoms with Crippen molar-refractivity contribution < 1.29 is 4.39 Å². The summed E-state index contributed by atoms with van der Waals surface area (Å²) >= 11 is 0. The molecule has 24 heavy (non-hydrogen) atoms. The molecule has 3 heterocycles. The first-order chi connectivity index (χ1) is 11.6. The lowest BCUT2D eigenvalue weighted by atomic mass is 9.89. The van der Waals surface area contributed by atoms with Gasteiger partial charge in [-0.05, 0) is 36.5 Å². The van der Waals surface area contributed by atoms with Crippen LogP contribution >= 0.6 is 0 Å². The predicted molar refractivity (Wildman–Crippen MR) is 91.9 cm³/mol. The molecule has 0 bridgehead atoms. The van der Waals surface area contributed by atoms with Crippen molar-refractivity contribution in [2.24, 2.45) is 7.05 Å². The average Bonchev–Trinajstić information content (AvgIpc) is 2.98. The van der Waals surface area contributed by atoms with Gasteiger partial charge in [0.2, 0.25) is 0 Å². The summed E-state index contributed by atoms with van der Waals surface area (Å²) in [5, 5.41) is 4.76. The van der Waals surface area contributed by atoms with E-state index in [4.69, 9.17) is 0 Å². The number of pyridine rings is 1. The van der Waals surface area contributed by atoms with Crippen LogP contribution in [0.15, 0.2) is 41.3 Å². The molecule has 1 N–H and O–H groups in total. The van der Waals surface area contributed by atoms with Gasteiger partial charge in [0.15, 0.2) is 0 Å². The Morgan fingerprint density at radius 1 is 1.21 bits per heavy atom. The number of hydrogen-bond donors (Lipinski definition) is 1. The summed E-state index contributed by atoms with van der Waals surface area (Å²) in [5.41, 5.74) is 1.93. The highest BCUT2D eigenvalue weighted by atomic mass is 19.1. The molecule has 0 saturated carbocycles. The number of piperidine rings is 1. The average molecular weight is 326 g/mol. The van der Waals surface area contributed by atoms with Crippen LogP contribution in [-0.2, 0) is 7.05 Å². The summed E-state index contributed by atoms with van der Waals surface area (Å²) in [4.78, 5) is 17.4. The lowest BCUT2D eigenvalue weighted by Gasteiger charge is -2.33. The number of fused-ring (bicyclic) bond motifs is 1. The lowest BCUT2D eigenvalue weighted by Crippen LogP contribution is -2.34. The number of hydrogen-bond acceptors (Lipinski definition) is 3. The van der Waals surface area contributed by atoms with Crippen molar-refractivity contribution in [3.63, 3.8) is 0 Å². The SMILES string of the molecule is Cn1ncc2c(=O)[nH]c(N3CCC(c4ccc(F)cc4)CC3)cc21. The van der Waals surface area contributed by atoms with Crippen LogP contribution in [0.2, 0.25) is 0 Å². The van der Waals surface area contributed by atoms with Crippen molar-refractivity contribution in [3.8, 4) is 0 Å². The first-order valence-electron chi connectivity index (χ1n) is 8.17. The molecule has 3 aromatic rings. The highest BCUT2D eigenvalue weighted by molar-refractivity contribution is 5.80. The molecule has 1 aliphatic heterocycles. The molecule has 0 spiro atoms. The van der Waals surface area contributed by atoms with Gasteiger partial charge in [0.25, 0.3) is 5.56 Å². The first-order valence-corrected chi connectivity index (χ1v) is 8.17. The quantitative estimate of drug-likeness (QED) is 0.788. The van der Waals surface area contributed by atoms with Crippen LogP contribution < -0.4 is 10.5 Å². The van der Waals surface area contributed by atoms with Crippen LogP contribution in [0.4, 0.5) is 10.2 Å². The Kier molecular flexibility index (Phi) is 3.59. The molecular weight excluding hydrogens is 307 g/mol. The van der Waals surface area contributed by atoms with Gasteiger partial charge in [0.05, 0.1) is 17.1 Å². The number of nitrogens with one attached hydrogen (secondary N) is 1. The van der Waals surface area contributed by atoms with Gasteiger partial charge in [-0.25, -0.2) is 4.39 Å². The number of aryl methyl sites for hydroxylation is 1. The summed E-state index contributed by atoms with van der Waals surface area (Å²) in [6, 6.07) is 8.78. The number of aromatic nitrogens is 3. The molecule has 6 heteroatoms. The number of H-pyrrole nitrogens is 1. The fraction of sp³-hybridized carbons (Fsp3) is 0.333. The van der Waals surface area contributed by atoms with E-state index in [-0.39, 0.29) is 11.4 Å². The molecular formula is C18H19FN4O. The lowest BCUT2D eigenvalue weighted by molar-refractivity contribution is 0.501. The van der Waals surface area contributed by atoms with Gasteiger partial charge in [0.1, 0.15) is 11.6 Å². The molecule has 0 aliphatic carbocycles. The Morgan fingerprint density at radius 2 is 1.92 bits per heavy atom. The van der Waals surface area contributed by atoms with Crippen LogP contribution in [0, 0.1) is 5.82 Å². The maximum absolute atomic E-state index is 13.1. The highest BCUT2D eigenvalue weighted by Gasteiger charge is 2.22. The van der Waals surface area contributed by atoms with Gasteiger partial charge in [0, 0.05) is 26.2 Å². The Bertz CT molecular complexity index is 920. The van der Waals surface area contributed by atoms with E-state index in [1.807, 2.05) is 25.2 Å². The molecule has 0 atom stereocenters. The summed E-state index contributed by atoms with van der Waals surface area (Å²) in [6.07, 6.45) is 3.56. The van der Waals surface area contributed by atoms with Gasteiger partial charge in [-0.2, -0.15) is 5.10 Å². The van der Waals surface area contributed by atoms with Gasteiger partial charge >= 0.3 is 0 Å². The molecule has 1 fully saturated rings. The highest BCUT2D eigenvalue weighted by Crippen LogP contribution is 2.30. The summed E-state index contributed by atoms with van der Waals surface area (Å²) in [7, 11) is 1.84. The van der Waals surface area contributed by atoms with E-state index in [1.165, 1.54) is 17.7 Å². The second-order valence-electron chi connectivity index (χ2n) is 6.36. The number of aromatic amines is 1. The Balaban J connectivity index is 1.54. The van der Waals surface area contributed by atoms with E-state index in [2.05, 4.69) is 15.0 Å². The monoisotopic (exact) mass is 326 g/mol. The van der Waals surface area contributed by atoms with E-state index >= 15 is 0 Å². The van der Waals surface area contributed by atoms with Crippen LogP contribution in [0.25, 0.3) is 10.9 Å². The zero-order chi connectivity index (χ0) is 16.7. The predicted octanol–water partition coefficient (Wildman–Crippen LogP) is 2.78. The number of nitrogens with zero attached hydrogens (tertiary/aromatic N) is 3. The van der Waals surface area contributed by atoms with Gasteiger partial charge < -0.3 is 9.88 Å². The zero-order valence-corrected chi connectivity index (χ0v) is 13.5. The van der Waals surface area contributed by atoms with Crippen LogP contribution in [0.5, 0.6) is 0 Å². The van der Waals surface area contributed by atoms with E-state index < -0.39 is 0 Å². The van der Waals surface area contributed by atoms with Crippen LogP contribution in [0.1, 0.15) is 24.3 Å².